The first kappa shape index (κ1) is 20.7. The van der Waals surface area contributed by atoms with E-state index in [0.717, 1.165) is 0 Å². The first-order chi connectivity index (χ1) is 13.8. The first-order valence-corrected chi connectivity index (χ1v) is 9.50. The molecular formula is C19H16BrClN4O4. The van der Waals surface area contributed by atoms with Crippen molar-refractivity contribution in [2.24, 2.45) is 7.05 Å². The number of carboxylic acid groups (broad SMARTS) is 1. The van der Waals surface area contributed by atoms with Gasteiger partial charge in [0, 0.05) is 29.0 Å². The van der Waals surface area contributed by atoms with E-state index in [1.807, 2.05) is 0 Å². The summed E-state index contributed by atoms with van der Waals surface area (Å²) in [4.78, 5) is 23.2. The van der Waals surface area contributed by atoms with Crippen LogP contribution in [-0.2, 0) is 11.8 Å². The zero-order chi connectivity index (χ0) is 21.0. The predicted octanol–water partition coefficient (Wildman–Crippen LogP) is 4.61. The van der Waals surface area contributed by atoms with Crippen LogP contribution in [0, 0.1) is 0 Å². The molecule has 1 heterocycles. The van der Waals surface area contributed by atoms with Gasteiger partial charge < -0.3 is 20.5 Å². The van der Waals surface area contributed by atoms with Gasteiger partial charge in [-0.15, -0.1) is 0 Å². The number of nitrogens with one attached hydrogen (secondary N) is 2. The molecule has 0 radical (unpaired) electrons. The molecule has 2 aromatic carbocycles. The number of carbonyl (C=O) groups excluding carboxylic acids is 1. The van der Waals surface area contributed by atoms with Crippen LogP contribution in [0.1, 0.15) is 0 Å². The number of anilines is 2. The Morgan fingerprint density at radius 3 is 2.45 bits per heavy atom. The van der Waals surface area contributed by atoms with Crippen LogP contribution >= 0.6 is 27.5 Å². The first-order valence-electron chi connectivity index (χ1n) is 8.33. The molecule has 0 aliphatic carbocycles. The zero-order valence-corrected chi connectivity index (χ0v) is 17.5. The van der Waals surface area contributed by atoms with E-state index in [9.17, 15) is 9.59 Å². The smallest absolute Gasteiger partial charge is 0.341 e. The molecule has 1 aromatic heterocycles. The second kappa shape index (κ2) is 8.97. The molecule has 3 N–H and O–H groups in total. The lowest BCUT2D eigenvalue weighted by molar-refractivity contribution is -0.139. The summed E-state index contributed by atoms with van der Waals surface area (Å²) in [6, 6.07) is 11.2. The quantitative estimate of drug-likeness (QED) is 0.479. The number of benzene rings is 2. The van der Waals surface area contributed by atoms with Crippen molar-refractivity contribution in [1.29, 1.82) is 0 Å². The molecule has 3 aromatic rings. The van der Waals surface area contributed by atoms with Crippen molar-refractivity contribution in [3.05, 3.63) is 58.2 Å². The fourth-order valence-electron chi connectivity index (χ4n) is 2.60. The molecule has 0 aliphatic heterocycles. The Morgan fingerprint density at radius 2 is 1.83 bits per heavy atom. The highest BCUT2D eigenvalue weighted by molar-refractivity contribution is 9.10. The van der Waals surface area contributed by atoms with Gasteiger partial charge in [0.25, 0.3) is 0 Å². The number of urea groups is 1. The van der Waals surface area contributed by atoms with E-state index >= 15 is 0 Å². The number of carboxylic acids is 1. The van der Waals surface area contributed by atoms with Crippen LogP contribution in [0.2, 0.25) is 5.02 Å². The van der Waals surface area contributed by atoms with Gasteiger partial charge in [-0.05, 0) is 58.4 Å². The molecule has 8 nitrogen and oxygen atoms in total. The van der Waals surface area contributed by atoms with Gasteiger partial charge in [0.15, 0.2) is 6.61 Å². The van der Waals surface area contributed by atoms with Crippen LogP contribution in [0.15, 0.2) is 53.1 Å². The van der Waals surface area contributed by atoms with Crippen LogP contribution in [0.5, 0.6) is 5.75 Å². The maximum atomic E-state index is 12.3. The van der Waals surface area contributed by atoms with Crippen LogP contribution in [0.3, 0.4) is 0 Å². The summed E-state index contributed by atoms with van der Waals surface area (Å²) in [5.41, 5.74) is 2.32. The van der Waals surface area contributed by atoms with E-state index in [4.69, 9.17) is 21.4 Å². The predicted molar refractivity (Wildman–Crippen MR) is 114 cm³/mol. The normalized spacial score (nSPS) is 10.4. The van der Waals surface area contributed by atoms with Gasteiger partial charge in [0.1, 0.15) is 5.75 Å². The Hall–Kier alpha value is -3.04. The fraction of sp³-hybridized carbons (Fsp3) is 0.105. The molecule has 29 heavy (non-hydrogen) atoms. The lowest BCUT2D eigenvalue weighted by Gasteiger charge is -2.14. The van der Waals surface area contributed by atoms with Gasteiger partial charge in [-0.1, -0.05) is 11.6 Å². The number of ether oxygens (including phenoxy) is 1. The topological polar surface area (TPSA) is 105 Å². The fourth-order valence-corrected chi connectivity index (χ4v) is 3.29. The number of aryl methyl sites for hydroxylation is 1. The average molecular weight is 480 g/mol. The Morgan fingerprint density at radius 1 is 1.17 bits per heavy atom. The molecule has 0 saturated carbocycles. The number of nitrogens with zero attached hydrogens (tertiary/aromatic N) is 2. The van der Waals surface area contributed by atoms with Gasteiger partial charge >= 0.3 is 12.0 Å². The van der Waals surface area contributed by atoms with Gasteiger partial charge in [0.2, 0.25) is 0 Å². The zero-order valence-electron chi connectivity index (χ0n) is 15.1. The monoisotopic (exact) mass is 478 g/mol. The number of aromatic nitrogens is 2. The molecule has 0 fully saturated rings. The molecule has 0 aliphatic rings. The van der Waals surface area contributed by atoms with Gasteiger partial charge in [-0.2, -0.15) is 5.10 Å². The average Bonchev–Trinajstić information content (AvgIpc) is 3.00. The van der Waals surface area contributed by atoms with Crippen LogP contribution < -0.4 is 15.4 Å². The maximum absolute atomic E-state index is 12.3. The molecule has 3 rings (SSSR count). The van der Waals surface area contributed by atoms with Crippen molar-refractivity contribution in [3.63, 3.8) is 0 Å². The van der Waals surface area contributed by atoms with Gasteiger partial charge in [-0.25, -0.2) is 9.59 Å². The highest BCUT2D eigenvalue weighted by Gasteiger charge is 2.17. The van der Waals surface area contributed by atoms with E-state index in [0.29, 0.717) is 37.9 Å². The molecule has 10 heteroatoms. The van der Waals surface area contributed by atoms with Crippen molar-refractivity contribution in [3.8, 4) is 17.0 Å². The minimum atomic E-state index is -1.09. The van der Waals surface area contributed by atoms with Crippen LogP contribution in [0.4, 0.5) is 16.2 Å². The van der Waals surface area contributed by atoms with Crippen LogP contribution in [0.25, 0.3) is 11.3 Å². The molecule has 0 unspecified atom stereocenters. The summed E-state index contributed by atoms with van der Waals surface area (Å²) < 4.78 is 7.71. The highest BCUT2D eigenvalue weighted by Crippen LogP contribution is 2.36. The summed E-state index contributed by atoms with van der Waals surface area (Å²) in [5, 5.41) is 19.1. The molecule has 0 bridgehead atoms. The van der Waals surface area contributed by atoms with Crippen molar-refractivity contribution < 1.29 is 19.4 Å². The lowest BCUT2D eigenvalue weighted by atomic mass is 10.1. The number of hydrogen-bond donors (Lipinski definition) is 3. The second-order valence-corrected chi connectivity index (χ2v) is 7.23. The number of aliphatic carboxylic acids is 1. The Bertz CT molecular complexity index is 1030. The summed E-state index contributed by atoms with van der Waals surface area (Å²) in [5.74, 6) is -0.745. The molecule has 150 valence electrons. The maximum Gasteiger partial charge on any atom is 0.341 e. The third-order valence-electron chi connectivity index (χ3n) is 3.84. The Labute approximate surface area is 179 Å². The highest BCUT2D eigenvalue weighted by atomic mass is 79.9. The Balaban J connectivity index is 1.86. The van der Waals surface area contributed by atoms with Crippen molar-refractivity contribution in [2.75, 3.05) is 17.2 Å². The van der Waals surface area contributed by atoms with Crippen molar-refractivity contribution >= 4 is 50.9 Å². The van der Waals surface area contributed by atoms with E-state index in [1.165, 1.54) is 0 Å². The molecule has 0 saturated heterocycles. The third kappa shape index (κ3) is 5.27. The van der Waals surface area contributed by atoms with Gasteiger partial charge in [-0.3, -0.25) is 4.68 Å². The lowest BCUT2D eigenvalue weighted by Crippen LogP contribution is -2.19. The van der Waals surface area contributed by atoms with Crippen LogP contribution in [-0.4, -0.2) is 33.5 Å². The largest absolute Gasteiger partial charge is 0.481 e. The molecule has 2 amide bonds. The third-order valence-corrected chi connectivity index (χ3v) is 4.67. The molecule has 0 atom stereocenters. The SMILES string of the molecule is Cn1ncc(Br)c1-c1cc(NC(=O)Nc2ccc(Cl)cc2)ccc1OCC(=O)O. The Kier molecular flexibility index (Phi) is 6.40. The summed E-state index contributed by atoms with van der Waals surface area (Å²) >= 11 is 9.27. The number of hydrogen-bond acceptors (Lipinski definition) is 4. The number of rotatable bonds is 6. The van der Waals surface area contributed by atoms with E-state index in [-0.39, 0.29) is 0 Å². The minimum absolute atomic E-state index is 0.348. The number of carbonyl (C=O) groups is 2. The van der Waals surface area contributed by atoms with E-state index < -0.39 is 18.6 Å². The minimum Gasteiger partial charge on any atom is -0.481 e. The standard InChI is InChI=1S/C19H16BrClN4O4/c1-25-18(15(20)9-22-25)14-8-13(6-7-16(14)29-10-17(26)27)24-19(28)23-12-4-2-11(21)3-5-12/h2-9H,10H2,1H3,(H,26,27)(H2,23,24,28). The summed E-state index contributed by atoms with van der Waals surface area (Å²) in [6.07, 6.45) is 1.61. The molecular weight excluding hydrogens is 464 g/mol. The summed E-state index contributed by atoms with van der Waals surface area (Å²) in [6.45, 7) is -0.494. The van der Waals surface area contributed by atoms with E-state index in [1.54, 1.807) is 60.4 Å². The van der Waals surface area contributed by atoms with Crippen molar-refractivity contribution in [1.82, 2.24) is 9.78 Å². The van der Waals surface area contributed by atoms with Gasteiger partial charge in [0.05, 0.1) is 16.4 Å². The van der Waals surface area contributed by atoms with E-state index in [2.05, 4.69) is 31.7 Å². The number of halogens is 2. The van der Waals surface area contributed by atoms with Crippen molar-refractivity contribution in [2.45, 2.75) is 0 Å². The molecule has 0 spiro atoms. The summed E-state index contributed by atoms with van der Waals surface area (Å²) in [7, 11) is 1.74. The number of amides is 2. The second-order valence-electron chi connectivity index (χ2n) is 5.94.